The predicted molar refractivity (Wildman–Crippen MR) is 112 cm³/mol. The molecule has 13 heteroatoms. The topological polar surface area (TPSA) is 95.6 Å². The van der Waals surface area contributed by atoms with Gasteiger partial charge in [-0.25, -0.2) is 4.39 Å². The summed E-state index contributed by atoms with van der Waals surface area (Å²) < 4.78 is 67.0. The summed E-state index contributed by atoms with van der Waals surface area (Å²) in [6.45, 7) is 0. The first-order valence-electron chi connectivity index (χ1n) is 9.28. The largest absolute Gasteiger partial charge is 0.573 e. The molecule has 1 amide bonds. The number of alkyl halides is 3. The molecule has 2 heterocycles. The molecule has 0 spiro atoms. The number of hydrogen-bond acceptors (Lipinski definition) is 6. The Balaban J connectivity index is 1.74. The van der Waals surface area contributed by atoms with Crippen molar-refractivity contribution in [2.45, 2.75) is 6.36 Å². The van der Waals surface area contributed by atoms with Gasteiger partial charge in [-0.1, -0.05) is 11.6 Å². The normalized spacial score (nSPS) is 11.5. The minimum absolute atomic E-state index is 0.0194. The van der Waals surface area contributed by atoms with Gasteiger partial charge in [0.2, 0.25) is 11.1 Å². The van der Waals surface area contributed by atoms with Gasteiger partial charge in [0, 0.05) is 16.8 Å². The van der Waals surface area contributed by atoms with E-state index in [-0.39, 0.29) is 33.2 Å². The predicted octanol–water partition coefficient (Wildman–Crippen LogP) is 4.93. The molecule has 0 unspecified atom stereocenters. The molecule has 1 N–H and O–H groups in total. The van der Waals surface area contributed by atoms with Crippen molar-refractivity contribution < 1.29 is 36.2 Å². The van der Waals surface area contributed by atoms with Crippen LogP contribution in [0.2, 0.25) is 5.02 Å². The quantitative estimate of drug-likeness (QED) is 0.393. The zero-order chi connectivity index (χ0) is 24.6. The van der Waals surface area contributed by atoms with Crippen molar-refractivity contribution in [1.29, 1.82) is 0 Å². The van der Waals surface area contributed by atoms with Gasteiger partial charge in [-0.15, -0.1) is 13.2 Å². The number of ether oxygens (including phenoxy) is 2. The molecular formula is C21H12ClF4N3O5. The van der Waals surface area contributed by atoms with Crippen LogP contribution in [0.1, 0.15) is 10.5 Å². The Morgan fingerprint density at radius 1 is 1.15 bits per heavy atom. The highest BCUT2D eigenvalue weighted by Crippen LogP contribution is 2.34. The second-order valence-electron chi connectivity index (χ2n) is 6.69. The van der Waals surface area contributed by atoms with E-state index in [0.29, 0.717) is 0 Å². The molecule has 4 aromatic rings. The highest BCUT2D eigenvalue weighted by molar-refractivity contribution is 6.30. The first-order chi connectivity index (χ1) is 16.1. The lowest BCUT2D eigenvalue weighted by atomic mass is 10.2. The van der Waals surface area contributed by atoms with Crippen molar-refractivity contribution in [3.05, 3.63) is 75.5 Å². The number of benzene rings is 2. The maximum Gasteiger partial charge on any atom is 0.573 e. The highest BCUT2D eigenvalue weighted by atomic mass is 35.5. The molecule has 0 saturated heterocycles. The molecule has 2 aromatic carbocycles. The SMILES string of the molecule is COc1cc(NC(=O)c2nn(-c3ccc(Cl)cc3F)c3occc3c2=O)ccc1OC(F)(F)F. The van der Waals surface area contributed by atoms with Gasteiger partial charge >= 0.3 is 6.36 Å². The Kier molecular flexibility index (Phi) is 5.92. The number of hydrogen-bond donors (Lipinski definition) is 1. The summed E-state index contributed by atoms with van der Waals surface area (Å²) in [6, 6.07) is 8.06. The summed E-state index contributed by atoms with van der Waals surface area (Å²) in [4.78, 5) is 25.6. The Morgan fingerprint density at radius 3 is 2.59 bits per heavy atom. The van der Waals surface area contributed by atoms with Crippen molar-refractivity contribution in [2.24, 2.45) is 0 Å². The number of anilines is 1. The van der Waals surface area contributed by atoms with Crippen molar-refractivity contribution in [3.63, 3.8) is 0 Å². The fourth-order valence-electron chi connectivity index (χ4n) is 3.07. The third-order valence-electron chi connectivity index (χ3n) is 4.50. The minimum Gasteiger partial charge on any atom is -0.493 e. The zero-order valence-electron chi connectivity index (χ0n) is 16.9. The maximum atomic E-state index is 14.5. The molecule has 0 atom stereocenters. The fourth-order valence-corrected chi connectivity index (χ4v) is 3.22. The van der Waals surface area contributed by atoms with E-state index >= 15 is 0 Å². The molecule has 0 radical (unpaired) electrons. The summed E-state index contributed by atoms with van der Waals surface area (Å²) in [7, 11) is 1.11. The summed E-state index contributed by atoms with van der Waals surface area (Å²) in [6.07, 6.45) is -3.78. The average Bonchev–Trinajstić information content (AvgIpc) is 3.25. The van der Waals surface area contributed by atoms with E-state index < -0.39 is 35.0 Å². The van der Waals surface area contributed by atoms with E-state index in [1.54, 1.807) is 0 Å². The van der Waals surface area contributed by atoms with Crippen molar-refractivity contribution in [3.8, 4) is 17.2 Å². The fraction of sp³-hybridized carbons (Fsp3) is 0.0952. The minimum atomic E-state index is -4.95. The number of nitrogens with one attached hydrogen (secondary N) is 1. The van der Waals surface area contributed by atoms with Gasteiger partial charge in [-0.3, -0.25) is 9.59 Å². The average molecular weight is 498 g/mol. The molecule has 0 aliphatic rings. The van der Waals surface area contributed by atoms with Gasteiger partial charge in [0.25, 0.3) is 5.91 Å². The highest BCUT2D eigenvalue weighted by Gasteiger charge is 2.32. The van der Waals surface area contributed by atoms with Crippen molar-refractivity contribution in [2.75, 3.05) is 12.4 Å². The molecule has 8 nitrogen and oxygen atoms in total. The lowest BCUT2D eigenvalue weighted by Crippen LogP contribution is -2.26. The van der Waals surface area contributed by atoms with Gasteiger partial charge in [0.1, 0.15) is 11.5 Å². The van der Waals surface area contributed by atoms with Crippen LogP contribution in [0.5, 0.6) is 11.5 Å². The van der Waals surface area contributed by atoms with Crippen LogP contribution in [0, 0.1) is 5.82 Å². The number of nitrogens with zero attached hydrogens (tertiary/aromatic N) is 2. The monoisotopic (exact) mass is 497 g/mol. The number of carbonyl (C=O) groups is 1. The molecule has 0 aliphatic carbocycles. The van der Waals surface area contributed by atoms with Crippen LogP contribution in [0.15, 0.2) is 57.9 Å². The van der Waals surface area contributed by atoms with Crippen LogP contribution >= 0.6 is 11.6 Å². The Labute approximate surface area is 192 Å². The van der Waals surface area contributed by atoms with Gasteiger partial charge in [-0.2, -0.15) is 9.78 Å². The van der Waals surface area contributed by atoms with Gasteiger partial charge in [0.05, 0.1) is 18.8 Å². The van der Waals surface area contributed by atoms with E-state index in [1.165, 1.54) is 24.5 Å². The zero-order valence-corrected chi connectivity index (χ0v) is 17.7. The summed E-state index contributed by atoms with van der Waals surface area (Å²) in [5.41, 5.74) is -1.71. The molecule has 4 rings (SSSR count). The van der Waals surface area contributed by atoms with E-state index in [9.17, 15) is 27.2 Å². The second-order valence-corrected chi connectivity index (χ2v) is 7.13. The summed E-state index contributed by atoms with van der Waals surface area (Å²) >= 11 is 5.78. The van der Waals surface area contributed by atoms with Crippen LogP contribution in [0.4, 0.5) is 23.2 Å². The molecule has 0 fully saturated rings. The van der Waals surface area contributed by atoms with Crippen LogP contribution in [0.3, 0.4) is 0 Å². The number of fused-ring (bicyclic) bond motifs is 1. The Hall–Kier alpha value is -4.06. The van der Waals surface area contributed by atoms with Gasteiger partial charge < -0.3 is 19.2 Å². The van der Waals surface area contributed by atoms with Crippen LogP contribution in [-0.2, 0) is 0 Å². The van der Waals surface area contributed by atoms with Crippen molar-refractivity contribution in [1.82, 2.24) is 9.78 Å². The van der Waals surface area contributed by atoms with Crippen LogP contribution in [-0.4, -0.2) is 29.2 Å². The van der Waals surface area contributed by atoms with E-state index in [2.05, 4.69) is 15.2 Å². The molecule has 34 heavy (non-hydrogen) atoms. The molecule has 0 bridgehead atoms. The Morgan fingerprint density at radius 2 is 1.91 bits per heavy atom. The first kappa shape index (κ1) is 23.1. The van der Waals surface area contributed by atoms with Crippen LogP contribution in [0.25, 0.3) is 16.8 Å². The molecule has 176 valence electrons. The first-order valence-corrected chi connectivity index (χ1v) is 9.66. The van der Waals surface area contributed by atoms with Gasteiger partial charge in [-0.05, 0) is 36.4 Å². The molecule has 0 saturated carbocycles. The van der Waals surface area contributed by atoms with Crippen molar-refractivity contribution >= 4 is 34.3 Å². The smallest absolute Gasteiger partial charge is 0.493 e. The number of aromatic nitrogens is 2. The van der Waals surface area contributed by atoms with E-state index in [1.807, 2.05) is 0 Å². The summed E-state index contributed by atoms with van der Waals surface area (Å²) in [5, 5.41) is 6.35. The second kappa shape index (κ2) is 8.71. The lowest BCUT2D eigenvalue weighted by molar-refractivity contribution is -0.275. The molecule has 2 aromatic heterocycles. The maximum absolute atomic E-state index is 14.5. The molecule has 0 aliphatic heterocycles. The Bertz CT molecular complexity index is 1470. The van der Waals surface area contributed by atoms with E-state index in [0.717, 1.165) is 36.1 Å². The lowest BCUT2D eigenvalue weighted by Gasteiger charge is -2.14. The van der Waals surface area contributed by atoms with Gasteiger partial charge in [0.15, 0.2) is 17.2 Å². The number of methoxy groups -OCH3 is 1. The number of halogens is 5. The number of furan rings is 1. The number of amides is 1. The number of rotatable bonds is 5. The summed E-state index contributed by atoms with van der Waals surface area (Å²) in [5.74, 6) is -2.76. The van der Waals surface area contributed by atoms with Crippen LogP contribution < -0.4 is 20.2 Å². The molecular weight excluding hydrogens is 486 g/mol. The number of carbonyl (C=O) groups excluding carboxylic acids is 1. The van der Waals surface area contributed by atoms with E-state index in [4.69, 9.17) is 20.8 Å². The standard InChI is InChI=1S/C21H12ClF4N3O5/c1-32-16-9-11(3-5-15(16)34-21(24,25)26)27-19(31)17-18(30)12-6-7-33-20(12)29(28-17)14-4-2-10(22)8-13(14)23/h2-9H,1H3,(H,27,31). The third-order valence-corrected chi connectivity index (χ3v) is 4.73. The third kappa shape index (κ3) is 4.53.